The summed E-state index contributed by atoms with van der Waals surface area (Å²) in [6.45, 7) is 5.11. The Morgan fingerprint density at radius 2 is 1.18 bits per heavy atom. The van der Waals surface area contributed by atoms with Crippen molar-refractivity contribution in [3.63, 3.8) is 0 Å². The first kappa shape index (κ1) is 25.8. The van der Waals surface area contributed by atoms with Crippen molar-refractivity contribution in [1.29, 1.82) is 0 Å². The van der Waals surface area contributed by atoms with E-state index in [0.29, 0.717) is 27.0 Å². The number of halogens is 2. The van der Waals surface area contributed by atoms with Crippen molar-refractivity contribution in [2.24, 2.45) is 35.0 Å². The zero-order valence-corrected chi connectivity index (χ0v) is 22.8. The molecule has 0 radical (unpaired) electrons. The number of ether oxygens (including phenoxy) is 1. The van der Waals surface area contributed by atoms with Crippen molar-refractivity contribution >= 4 is 64.2 Å². The van der Waals surface area contributed by atoms with Gasteiger partial charge < -0.3 is 4.74 Å². The average Bonchev–Trinajstić information content (AvgIpc) is 3.32. The molecule has 3 aliphatic carbocycles. The van der Waals surface area contributed by atoms with Gasteiger partial charge in [0, 0.05) is 27.0 Å². The molecule has 2 aliphatic heterocycles. The van der Waals surface area contributed by atoms with E-state index in [2.05, 4.69) is 0 Å². The first-order valence-corrected chi connectivity index (χ1v) is 13.4. The third-order valence-corrected chi connectivity index (χ3v) is 9.35. The lowest BCUT2D eigenvalue weighted by Gasteiger charge is -2.55. The maximum Gasteiger partial charge on any atom is 0.334 e. The first-order valence-electron chi connectivity index (χ1n) is 12.7. The SMILES string of the molecule is CCOC(=O)C1=C(C)C2[C@@H]3C(=O)N(c4ccc(Cl)cc4)C(=O)[C@H]3C1(C)[C@H]1C(=O)N(c3ccc(Cl)cc3)C(=O)[C@@H]21. The quantitative estimate of drug-likeness (QED) is 0.400. The minimum absolute atomic E-state index is 0.0894. The monoisotopic (exact) mass is 566 g/mol. The zero-order chi connectivity index (χ0) is 28.0. The Bertz CT molecular complexity index is 1410. The van der Waals surface area contributed by atoms with Gasteiger partial charge in [-0.2, -0.15) is 0 Å². The molecule has 2 heterocycles. The molecule has 0 N–H and O–H groups in total. The highest BCUT2D eigenvalue weighted by atomic mass is 35.5. The molecule has 0 spiro atoms. The van der Waals surface area contributed by atoms with E-state index < -0.39 is 64.6 Å². The maximum atomic E-state index is 14.1. The maximum absolute atomic E-state index is 14.1. The van der Waals surface area contributed by atoms with E-state index in [4.69, 9.17) is 27.9 Å². The van der Waals surface area contributed by atoms with Gasteiger partial charge in [0.05, 0.1) is 41.7 Å². The topological polar surface area (TPSA) is 101 Å². The van der Waals surface area contributed by atoms with Crippen molar-refractivity contribution in [2.75, 3.05) is 16.4 Å². The number of amides is 4. The summed E-state index contributed by atoms with van der Waals surface area (Å²) in [5.74, 6) is -7.33. The van der Waals surface area contributed by atoms with E-state index in [-0.39, 0.29) is 12.2 Å². The number of allylic oxidation sites excluding steroid dienone is 1. The van der Waals surface area contributed by atoms with Crippen LogP contribution in [0.1, 0.15) is 20.8 Å². The van der Waals surface area contributed by atoms with Crippen LogP contribution in [0.3, 0.4) is 0 Å². The molecule has 1 saturated carbocycles. The van der Waals surface area contributed by atoms with Gasteiger partial charge >= 0.3 is 5.97 Å². The first-order chi connectivity index (χ1) is 18.5. The van der Waals surface area contributed by atoms with Gasteiger partial charge in [-0.1, -0.05) is 35.7 Å². The molecule has 2 saturated heterocycles. The van der Waals surface area contributed by atoms with E-state index in [0.717, 1.165) is 9.80 Å². The van der Waals surface area contributed by atoms with Gasteiger partial charge in [0.25, 0.3) is 0 Å². The minimum Gasteiger partial charge on any atom is -0.463 e. The number of imide groups is 2. The Labute approximate surface area is 234 Å². The molecule has 200 valence electrons. The predicted octanol–water partition coefficient (Wildman–Crippen LogP) is 4.43. The standard InChI is InChI=1S/C29H24Cl2N2O6/c1-4-39-28(38)21-13(2)18-19-22(26(36)32(24(19)34)16-9-5-14(30)6-10-16)29(21,3)23-20(18)25(35)33(27(23)37)17-11-7-15(31)8-12-17/h5-12,18-20,22-23H,4H2,1-3H3/t18?,19-,20-,22-,23+,29?/m0/s1. The summed E-state index contributed by atoms with van der Waals surface area (Å²) in [5, 5.41) is 0.884. The fourth-order valence-corrected chi connectivity index (χ4v) is 7.75. The summed E-state index contributed by atoms with van der Waals surface area (Å²) < 4.78 is 5.39. The minimum atomic E-state index is -1.46. The second-order valence-corrected chi connectivity index (χ2v) is 11.4. The van der Waals surface area contributed by atoms with E-state index in [9.17, 15) is 24.0 Å². The molecule has 2 unspecified atom stereocenters. The van der Waals surface area contributed by atoms with Crippen LogP contribution in [-0.4, -0.2) is 36.2 Å². The van der Waals surface area contributed by atoms with Crippen LogP contribution in [0.25, 0.3) is 0 Å². The third kappa shape index (κ3) is 3.28. The van der Waals surface area contributed by atoms with Crippen LogP contribution in [0.4, 0.5) is 11.4 Å². The molecule has 2 aromatic rings. The number of carbonyl (C=O) groups is 5. The molecular weight excluding hydrogens is 543 g/mol. The van der Waals surface area contributed by atoms with Gasteiger partial charge in [0.15, 0.2) is 0 Å². The van der Waals surface area contributed by atoms with Crippen molar-refractivity contribution < 1.29 is 28.7 Å². The summed E-state index contributed by atoms with van der Waals surface area (Å²) >= 11 is 12.1. The number of hydrogen-bond donors (Lipinski definition) is 0. The largest absolute Gasteiger partial charge is 0.463 e. The number of nitrogens with zero attached hydrogens (tertiary/aromatic N) is 2. The average molecular weight is 567 g/mol. The van der Waals surface area contributed by atoms with Crippen LogP contribution in [-0.2, 0) is 28.7 Å². The molecule has 6 atom stereocenters. The smallest absolute Gasteiger partial charge is 0.334 e. The normalized spacial score (nSPS) is 31.3. The second-order valence-electron chi connectivity index (χ2n) is 10.6. The van der Waals surface area contributed by atoms with Crippen LogP contribution in [0.15, 0.2) is 59.7 Å². The lowest BCUT2D eigenvalue weighted by atomic mass is 9.43. The fourth-order valence-electron chi connectivity index (χ4n) is 7.50. The van der Waals surface area contributed by atoms with E-state index in [1.165, 1.54) is 0 Å². The van der Waals surface area contributed by atoms with Crippen LogP contribution in [0.2, 0.25) is 10.0 Å². The number of carbonyl (C=O) groups excluding carboxylic acids is 5. The van der Waals surface area contributed by atoms with Crippen molar-refractivity contribution in [3.05, 3.63) is 69.7 Å². The van der Waals surface area contributed by atoms with Gasteiger partial charge in [0.2, 0.25) is 23.6 Å². The summed E-state index contributed by atoms with van der Waals surface area (Å²) in [5.41, 5.74) is -0.0605. The van der Waals surface area contributed by atoms with E-state index in [1.807, 2.05) is 0 Å². The zero-order valence-electron chi connectivity index (χ0n) is 21.3. The Morgan fingerprint density at radius 1 is 0.769 bits per heavy atom. The van der Waals surface area contributed by atoms with Crippen LogP contribution >= 0.6 is 23.2 Å². The highest BCUT2D eigenvalue weighted by Crippen LogP contribution is 2.68. The number of esters is 1. The van der Waals surface area contributed by atoms with Gasteiger partial charge in [-0.15, -0.1) is 0 Å². The molecule has 3 fully saturated rings. The van der Waals surface area contributed by atoms with Crippen molar-refractivity contribution in [2.45, 2.75) is 20.8 Å². The second kappa shape index (κ2) is 8.76. The Balaban J connectivity index is 1.54. The van der Waals surface area contributed by atoms with E-state index >= 15 is 0 Å². The number of anilines is 2. The fraction of sp³-hybridized carbons (Fsp3) is 0.345. The number of hydrogen-bond acceptors (Lipinski definition) is 6. The highest BCUT2D eigenvalue weighted by molar-refractivity contribution is 6.31. The molecular formula is C29H24Cl2N2O6. The van der Waals surface area contributed by atoms with Gasteiger partial charge in [-0.25, -0.2) is 4.79 Å². The highest BCUT2D eigenvalue weighted by Gasteiger charge is 2.77. The van der Waals surface area contributed by atoms with Crippen LogP contribution < -0.4 is 9.80 Å². The molecule has 7 rings (SSSR count). The van der Waals surface area contributed by atoms with E-state index in [1.54, 1.807) is 69.3 Å². The summed E-state index contributed by atoms with van der Waals surface area (Å²) in [6.07, 6.45) is 0. The van der Waals surface area contributed by atoms with Crippen LogP contribution in [0.5, 0.6) is 0 Å². The molecule has 8 nitrogen and oxygen atoms in total. The third-order valence-electron chi connectivity index (χ3n) is 8.85. The number of rotatable bonds is 4. The molecule has 5 aliphatic rings. The lowest BCUT2D eigenvalue weighted by Crippen LogP contribution is -2.61. The molecule has 39 heavy (non-hydrogen) atoms. The lowest BCUT2D eigenvalue weighted by molar-refractivity contribution is -0.155. The molecule has 2 bridgehead atoms. The van der Waals surface area contributed by atoms with Gasteiger partial charge in [-0.05, 0) is 62.4 Å². The van der Waals surface area contributed by atoms with Crippen molar-refractivity contribution in [3.8, 4) is 0 Å². The Kier molecular flexibility index (Phi) is 5.79. The van der Waals surface area contributed by atoms with Gasteiger partial charge in [-0.3, -0.25) is 29.0 Å². The summed E-state index contributed by atoms with van der Waals surface area (Å²) in [6, 6.07) is 12.6. The van der Waals surface area contributed by atoms with Gasteiger partial charge in [0.1, 0.15) is 0 Å². The predicted molar refractivity (Wildman–Crippen MR) is 143 cm³/mol. The molecule has 4 amide bonds. The van der Waals surface area contributed by atoms with Crippen LogP contribution in [0, 0.1) is 35.0 Å². The Hall–Kier alpha value is -3.49. The Morgan fingerprint density at radius 3 is 1.56 bits per heavy atom. The molecule has 10 heteroatoms. The molecule has 2 aromatic carbocycles. The number of benzene rings is 2. The molecule has 0 aromatic heterocycles. The summed E-state index contributed by atoms with van der Waals surface area (Å²) in [4.78, 5) is 71.8. The summed E-state index contributed by atoms with van der Waals surface area (Å²) in [7, 11) is 0. The van der Waals surface area contributed by atoms with Crippen molar-refractivity contribution in [1.82, 2.24) is 0 Å².